The van der Waals surface area contributed by atoms with E-state index in [-0.39, 0.29) is 5.56 Å². The molecule has 0 bridgehead atoms. The molecule has 0 unspecified atom stereocenters. The molecule has 0 amide bonds. The van der Waals surface area contributed by atoms with E-state index in [0.29, 0.717) is 16.6 Å². The van der Waals surface area contributed by atoms with Gasteiger partial charge in [-0.05, 0) is 24.1 Å². The van der Waals surface area contributed by atoms with Crippen molar-refractivity contribution < 1.29 is 0 Å². The number of halogens is 1. The third-order valence-electron chi connectivity index (χ3n) is 3.02. The Morgan fingerprint density at radius 3 is 2.81 bits per heavy atom. The zero-order valence-corrected chi connectivity index (χ0v) is 13.7. The maximum Gasteiger partial charge on any atom is 0.275 e. The average molecular weight is 365 g/mol. The Hall–Kier alpha value is -1.73. The molecule has 0 radical (unpaired) electrons. The van der Waals surface area contributed by atoms with Crippen molar-refractivity contribution in [2.24, 2.45) is 0 Å². The Morgan fingerprint density at radius 1 is 1.33 bits per heavy atom. The number of fused-ring (bicyclic) bond motifs is 1. The summed E-state index contributed by atoms with van der Waals surface area (Å²) in [6.45, 7) is 2.63. The topological polar surface area (TPSA) is 59.3 Å². The smallest absolute Gasteiger partial charge is 0.275 e. The summed E-state index contributed by atoms with van der Waals surface area (Å²) in [6.07, 6.45) is 0.741. The van der Waals surface area contributed by atoms with E-state index in [1.54, 1.807) is 0 Å². The zero-order chi connectivity index (χ0) is 14.8. The van der Waals surface area contributed by atoms with E-state index in [1.165, 1.54) is 21.9 Å². The van der Waals surface area contributed by atoms with Crippen LogP contribution in [0.5, 0.6) is 0 Å². The molecule has 0 spiro atoms. The van der Waals surface area contributed by atoms with Gasteiger partial charge in [0.15, 0.2) is 0 Å². The highest BCUT2D eigenvalue weighted by molar-refractivity contribution is 9.10. The summed E-state index contributed by atoms with van der Waals surface area (Å²) in [5.41, 5.74) is 1.81. The molecule has 0 saturated heterocycles. The quantitative estimate of drug-likeness (QED) is 0.772. The molecule has 0 fully saturated rings. The molecular formula is C14H13BrN4OS. The lowest BCUT2D eigenvalue weighted by Crippen LogP contribution is -2.15. The molecule has 1 aromatic carbocycles. The van der Waals surface area contributed by atoms with Crippen LogP contribution in [0.3, 0.4) is 0 Å². The molecule has 3 rings (SSSR count). The fourth-order valence-electron chi connectivity index (χ4n) is 1.89. The second kappa shape index (κ2) is 5.95. The van der Waals surface area contributed by atoms with E-state index < -0.39 is 0 Å². The number of hydrogen-bond donors (Lipinski definition) is 1. The van der Waals surface area contributed by atoms with E-state index >= 15 is 0 Å². The van der Waals surface area contributed by atoms with Gasteiger partial charge in [-0.3, -0.25) is 4.79 Å². The van der Waals surface area contributed by atoms with Gasteiger partial charge in [-0.2, -0.15) is 4.52 Å². The molecule has 0 atom stereocenters. The molecule has 3 aromatic rings. The lowest BCUT2D eigenvalue weighted by atomic mass is 10.2. The largest absolute Gasteiger partial charge is 0.356 e. The van der Waals surface area contributed by atoms with Gasteiger partial charge in [-0.25, -0.2) is 4.98 Å². The molecule has 0 aliphatic rings. The summed E-state index contributed by atoms with van der Waals surface area (Å²) in [7, 11) is 0. The predicted molar refractivity (Wildman–Crippen MR) is 88.0 cm³/mol. The van der Waals surface area contributed by atoms with Gasteiger partial charge in [-0.1, -0.05) is 46.3 Å². The highest BCUT2D eigenvalue weighted by Gasteiger charge is 2.08. The van der Waals surface area contributed by atoms with Gasteiger partial charge >= 0.3 is 0 Å². The molecule has 7 heteroatoms. The minimum absolute atomic E-state index is 0.134. The third-order valence-corrected chi connectivity index (χ3v) is 4.41. The SMILES string of the molecule is CCc1cc(=O)n2nc(NCc3ccc(Br)cc3)sc2n1. The van der Waals surface area contributed by atoms with Crippen LogP contribution in [0, 0.1) is 0 Å². The van der Waals surface area contributed by atoms with Crippen molar-refractivity contribution in [1.29, 1.82) is 0 Å². The summed E-state index contributed by atoms with van der Waals surface area (Å²) < 4.78 is 2.39. The lowest BCUT2D eigenvalue weighted by molar-refractivity contribution is 0.874. The number of aryl methyl sites for hydroxylation is 1. The number of aromatic nitrogens is 3. The first-order valence-corrected chi connectivity index (χ1v) is 8.15. The van der Waals surface area contributed by atoms with Gasteiger partial charge in [-0.15, -0.1) is 5.10 Å². The van der Waals surface area contributed by atoms with E-state index in [2.05, 4.69) is 31.3 Å². The molecule has 2 heterocycles. The number of benzene rings is 1. The molecule has 1 N–H and O–H groups in total. The molecule has 5 nitrogen and oxygen atoms in total. The van der Waals surface area contributed by atoms with Crippen LogP contribution in [0.1, 0.15) is 18.2 Å². The standard InChI is InChI=1S/C14H13BrN4OS/c1-2-11-7-12(20)19-14(17-11)21-13(18-19)16-8-9-3-5-10(15)6-4-9/h3-7H,2,8H2,1H3,(H,16,18). The van der Waals surface area contributed by atoms with E-state index in [1.807, 2.05) is 31.2 Å². The second-order valence-corrected chi connectivity index (χ2v) is 6.39. The van der Waals surface area contributed by atoms with Gasteiger partial charge in [0.1, 0.15) is 0 Å². The van der Waals surface area contributed by atoms with Crippen LogP contribution in [0.4, 0.5) is 5.13 Å². The second-order valence-electron chi connectivity index (χ2n) is 4.52. The number of anilines is 1. The Bertz CT molecular complexity index is 825. The normalized spacial score (nSPS) is 11.0. The maximum atomic E-state index is 11.9. The summed E-state index contributed by atoms with van der Waals surface area (Å²) in [4.78, 5) is 17.0. The van der Waals surface area contributed by atoms with Crippen LogP contribution >= 0.6 is 27.3 Å². The van der Waals surface area contributed by atoms with Crippen LogP contribution in [-0.2, 0) is 13.0 Å². The van der Waals surface area contributed by atoms with Crippen LogP contribution in [0.15, 0.2) is 39.6 Å². The highest BCUT2D eigenvalue weighted by Crippen LogP contribution is 2.18. The molecule has 0 aliphatic heterocycles. The maximum absolute atomic E-state index is 11.9. The van der Waals surface area contributed by atoms with Gasteiger partial charge in [0.2, 0.25) is 10.1 Å². The summed E-state index contributed by atoms with van der Waals surface area (Å²) in [5, 5.41) is 8.18. The molecule has 0 aliphatic carbocycles. The Kier molecular flexibility index (Phi) is 4.03. The minimum Gasteiger partial charge on any atom is -0.356 e. The Labute approximate surface area is 133 Å². The van der Waals surface area contributed by atoms with Gasteiger partial charge in [0.05, 0.1) is 0 Å². The van der Waals surface area contributed by atoms with Crippen molar-refractivity contribution >= 4 is 37.4 Å². The van der Waals surface area contributed by atoms with Crippen molar-refractivity contribution in [3.8, 4) is 0 Å². The summed E-state index contributed by atoms with van der Waals surface area (Å²) in [6, 6.07) is 9.59. The highest BCUT2D eigenvalue weighted by atomic mass is 79.9. The summed E-state index contributed by atoms with van der Waals surface area (Å²) in [5.74, 6) is 0. The van der Waals surface area contributed by atoms with E-state index in [4.69, 9.17) is 0 Å². The van der Waals surface area contributed by atoms with Crippen LogP contribution in [-0.4, -0.2) is 14.6 Å². The van der Waals surface area contributed by atoms with Gasteiger partial charge in [0.25, 0.3) is 5.56 Å². The van der Waals surface area contributed by atoms with Crippen LogP contribution in [0.25, 0.3) is 4.96 Å². The van der Waals surface area contributed by atoms with E-state index in [0.717, 1.165) is 22.2 Å². The van der Waals surface area contributed by atoms with Crippen molar-refractivity contribution in [2.75, 3.05) is 5.32 Å². The Morgan fingerprint density at radius 2 is 2.10 bits per heavy atom. The van der Waals surface area contributed by atoms with E-state index in [9.17, 15) is 4.79 Å². The van der Waals surface area contributed by atoms with Crippen LogP contribution in [0.2, 0.25) is 0 Å². The zero-order valence-electron chi connectivity index (χ0n) is 11.3. The monoisotopic (exact) mass is 364 g/mol. The Balaban J connectivity index is 1.83. The number of hydrogen-bond acceptors (Lipinski definition) is 5. The van der Waals surface area contributed by atoms with Crippen molar-refractivity contribution in [3.05, 3.63) is 56.4 Å². The predicted octanol–water partition coefficient (Wildman–Crippen LogP) is 3.09. The number of nitrogens with one attached hydrogen (secondary N) is 1. The number of nitrogens with zero attached hydrogens (tertiary/aromatic N) is 3. The molecule has 108 valence electrons. The third kappa shape index (κ3) is 3.14. The molecule has 0 saturated carbocycles. The average Bonchev–Trinajstić information content (AvgIpc) is 2.90. The molecule has 2 aromatic heterocycles. The minimum atomic E-state index is -0.134. The van der Waals surface area contributed by atoms with Gasteiger partial charge in [0, 0.05) is 22.8 Å². The van der Waals surface area contributed by atoms with Crippen molar-refractivity contribution in [1.82, 2.24) is 14.6 Å². The summed E-state index contributed by atoms with van der Waals surface area (Å²) >= 11 is 4.79. The first-order chi connectivity index (χ1) is 10.2. The van der Waals surface area contributed by atoms with Crippen molar-refractivity contribution in [2.45, 2.75) is 19.9 Å². The van der Waals surface area contributed by atoms with Crippen LogP contribution < -0.4 is 10.9 Å². The van der Waals surface area contributed by atoms with Gasteiger partial charge < -0.3 is 5.32 Å². The lowest BCUT2D eigenvalue weighted by Gasteiger charge is -2.01. The molecule has 21 heavy (non-hydrogen) atoms. The molecular weight excluding hydrogens is 352 g/mol. The first kappa shape index (κ1) is 14.2. The fraction of sp³-hybridized carbons (Fsp3) is 0.214. The fourth-order valence-corrected chi connectivity index (χ4v) is 2.97. The first-order valence-electron chi connectivity index (χ1n) is 6.54. The number of rotatable bonds is 4. The van der Waals surface area contributed by atoms with Crippen molar-refractivity contribution in [3.63, 3.8) is 0 Å².